The molecule has 0 heterocycles. The van der Waals surface area contributed by atoms with Crippen LogP contribution >= 0.6 is 0 Å². The van der Waals surface area contributed by atoms with Crippen molar-refractivity contribution in [1.29, 1.82) is 0 Å². The van der Waals surface area contributed by atoms with Crippen LogP contribution in [-0.4, -0.2) is 0 Å². The highest BCUT2D eigenvalue weighted by Crippen LogP contribution is 2.49. The Labute approximate surface area is 154 Å². The van der Waals surface area contributed by atoms with E-state index in [1.165, 1.54) is 89.0 Å². The minimum absolute atomic E-state index is 0.323. The second-order valence-electron chi connectivity index (χ2n) is 8.86. The molecule has 0 atom stereocenters. The van der Waals surface area contributed by atoms with Crippen molar-refractivity contribution in [3.63, 3.8) is 0 Å². The summed E-state index contributed by atoms with van der Waals surface area (Å²) in [6.45, 7) is 2.30. The van der Waals surface area contributed by atoms with Gasteiger partial charge in [-0.2, -0.15) is 0 Å². The zero-order valence-electron chi connectivity index (χ0n) is 16.2. The summed E-state index contributed by atoms with van der Waals surface area (Å²) in [6.07, 6.45) is 18.1. The Morgan fingerprint density at radius 2 is 1.44 bits per heavy atom. The third-order valence-corrected chi connectivity index (χ3v) is 7.15. The standard InChI is InChI=1S/C23H38N2/c1-2-3-7-12-23(20-15-21(24)17-22(25)16-20)13-10-19(11-14-23)18-8-5-4-6-9-18/h15-19H,2-14,24-25H2,1H3. The number of hydrogen-bond acceptors (Lipinski definition) is 2. The van der Waals surface area contributed by atoms with Crippen LogP contribution < -0.4 is 11.5 Å². The molecule has 140 valence electrons. The summed E-state index contributed by atoms with van der Waals surface area (Å²) in [4.78, 5) is 0. The average molecular weight is 343 g/mol. The fourth-order valence-corrected chi connectivity index (χ4v) is 5.65. The quantitative estimate of drug-likeness (QED) is 0.461. The maximum atomic E-state index is 6.14. The van der Waals surface area contributed by atoms with Gasteiger partial charge in [0, 0.05) is 11.4 Å². The summed E-state index contributed by atoms with van der Waals surface area (Å²) in [6, 6.07) is 6.32. The van der Waals surface area contributed by atoms with Crippen LogP contribution in [0.25, 0.3) is 0 Å². The van der Waals surface area contributed by atoms with Crippen molar-refractivity contribution in [2.45, 2.75) is 95.8 Å². The van der Waals surface area contributed by atoms with Gasteiger partial charge in [0.1, 0.15) is 0 Å². The summed E-state index contributed by atoms with van der Waals surface area (Å²) in [5.74, 6) is 1.98. The second kappa shape index (κ2) is 8.47. The molecule has 25 heavy (non-hydrogen) atoms. The highest BCUT2D eigenvalue weighted by atomic mass is 14.6. The van der Waals surface area contributed by atoms with Gasteiger partial charge < -0.3 is 11.5 Å². The van der Waals surface area contributed by atoms with E-state index in [0.717, 1.165) is 23.2 Å². The fourth-order valence-electron chi connectivity index (χ4n) is 5.65. The molecule has 4 N–H and O–H groups in total. The van der Waals surface area contributed by atoms with E-state index in [0.29, 0.717) is 5.41 Å². The van der Waals surface area contributed by atoms with Crippen molar-refractivity contribution < 1.29 is 0 Å². The topological polar surface area (TPSA) is 52.0 Å². The third-order valence-electron chi connectivity index (χ3n) is 7.15. The molecule has 0 spiro atoms. The van der Waals surface area contributed by atoms with Gasteiger partial charge in [-0.3, -0.25) is 0 Å². The zero-order valence-corrected chi connectivity index (χ0v) is 16.2. The van der Waals surface area contributed by atoms with E-state index in [2.05, 4.69) is 19.1 Å². The van der Waals surface area contributed by atoms with Gasteiger partial charge in [-0.05, 0) is 73.1 Å². The number of nitrogens with two attached hydrogens (primary N) is 2. The molecule has 3 rings (SSSR count). The lowest BCUT2D eigenvalue weighted by atomic mass is 9.61. The first-order valence-electron chi connectivity index (χ1n) is 10.8. The van der Waals surface area contributed by atoms with Crippen LogP contribution in [0.4, 0.5) is 11.4 Å². The van der Waals surface area contributed by atoms with E-state index in [9.17, 15) is 0 Å². The highest BCUT2D eigenvalue weighted by molar-refractivity contribution is 5.56. The zero-order chi connectivity index (χ0) is 17.7. The molecule has 0 saturated heterocycles. The molecule has 0 unspecified atom stereocenters. The molecule has 0 bridgehead atoms. The van der Waals surface area contributed by atoms with E-state index < -0.39 is 0 Å². The molecular formula is C23H38N2. The van der Waals surface area contributed by atoms with Crippen molar-refractivity contribution in [2.75, 3.05) is 11.5 Å². The first kappa shape index (κ1) is 18.6. The minimum Gasteiger partial charge on any atom is -0.399 e. The van der Waals surface area contributed by atoms with E-state index in [1.807, 2.05) is 6.07 Å². The maximum Gasteiger partial charge on any atom is 0.0337 e. The molecule has 2 nitrogen and oxygen atoms in total. The van der Waals surface area contributed by atoms with Gasteiger partial charge in [0.2, 0.25) is 0 Å². The molecule has 1 aromatic rings. The normalized spacial score (nSPS) is 28.1. The summed E-state index contributed by atoms with van der Waals surface area (Å²) >= 11 is 0. The van der Waals surface area contributed by atoms with E-state index in [-0.39, 0.29) is 0 Å². The predicted molar refractivity (Wildman–Crippen MR) is 110 cm³/mol. The van der Waals surface area contributed by atoms with Crippen molar-refractivity contribution in [2.24, 2.45) is 11.8 Å². The Bertz CT molecular complexity index is 517. The SMILES string of the molecule is CCCCCC1(c2cc(N)cc(N)c2)CCC(C2CCCCC2)CC1. The van der Waals surface area contributed by atoms with Crippen molar-refractivity contribution in [3.05, 3.63) is 23.8 Å². The van der Waals surface area contributed by atoms with Crippen LogP contribution in [0.1, 0.15) is 96.0 Å². The molecular weight excluding hydrogens is 304 g/mol. The Kier molecular flexibility index (Phi) is 6.30. The van der Waals surface area contributed by atoms with Gasteiger partial charge in [0.25, 0.3) is 0 Å². The maximum absolute atomic E-state index is 6.14. The molecule has 2 aliphatic rings. The Hall–Kier alpha value is -1.18. The first-order valence-corrected chi connectivity index (χ1v) is 10.8. The molecule has 0 amide bonds. The van der Waals surface area contributed by atoms with Crippen LogP contribution in [-0.2, 0) is 5.41 Å². The molecule has 2 saturated carbocycles. The highest BCUT2D eigenvalue weighted by Gasteiger charge is 2.38. The lowest BCUT2D eigenvalue weighted by Gasteiger charge is -2.44. The van der Waals surface area contributed by atoms with Gasteiger partial charge in [0.15, 0.2) is 0 Å². The summed E-state index contributed by atoms with van der Waals surface area (Å²) < 4.78 is 0. The smallest absolute Gasteiger partial charge is 0.0337 e. The van der Waals surface area contributed by atoms with Crippen molar-refractivity contribution in [3.8, 4) is 0 Å². The van der Waals surface area contributed by atoms with Crippen LogP contribution in [0.5, 0.6) is 0 Å². The molecule has 2 aliphatic carbocycles. The van der Waals surface area contributed by atoms with Gasteiger partial charge in [0.05, 0.1) is 0 Å². The summed E-state index contributed by atoms with van der Waals surface area (Å²) in [5.41, 5.74) is 15.7. The van der Waals surface area contributed by atoms with Crippen LogP contribution in [0.15, 0.2) is 18.2 Å². The van der Waals surface area contributed by atoms with Gasteiger partial charge >= 0.3 is 0 Å². The summed E-state index contributed by atoms with van der Waals surface area (Å²) in [7, 11) is 0. The van der Waals surface area contributed by atoms with Gasteiger partial charge in [-0.1, -0.05) is 58.3 Å². The Morgan fingerprint density at radius 1 is 0.840 bits per heavy atom. The van der Waals surface area contributed by atoms with E-state index in [1.54, 1.807) is 0 Å². The fraction of sp³-hybridized carbons (Fsp3) is 0.739. The number of anilines is 2. The van der Waals surface area contributed by atoms with Crippen molar-refractivity contribution in [1.82, 2.24) is 0 Å². The molecule has 0 aromatic heterocycles. The second-order valence-corrected chi connectivity index (χ2v) is 8.86. The number of unbranched alkanes of at least 4 members (excludes halogenated alkanes) is 2. The molecule has 2 fully saturated rings. The molecule has 1 aromatic carbocycles. The van der Waals surface area contributed by atoms with Gasteiger partial charge in [-0.15, -0.1) is 0 Å². The van der Waals surface area contributed by atoms with Crippen LogP contribution in [0, 0.1) is 11.8 Å². The molecule has 0 aliphatic heterocycles. The average Bonchev–Trinajstić information content (AvgIpc) is 2.62. The van der Waals surface area contributed by atoms with Crippen LogP contribution in [0.2, 0.25) is 0 Å². The van der Waals surface area contributed by atoms with Crippen molar-refractivity contribution >= 4 is 11.4 Å². The predicted octanol–water partition coefficient (Wildman–Crippen LogP) is 6.44. The lowest BCUT2D eigenvalue weighted by Crippen LogP contribution is -2.34. The largest absolute Gasteiger partial charge is 0.399 e. The lowest BCUT2D eigenvalue weighted by molar-refractivity contribution is 0.141. The Morgan fingerprint density at radius 3 is 2.04 bits per heavy atom. The Balaban J connectivity index is 1.74. The van der Waals surface area contributed by atoms with Gasteiger partial charge in [-0.25, -0.2) is 0 Å². The monoisotopic (exact) mass is 342 g/mol. The van der Waals surface area contributed by atoms with E-state index >= 15 is 0 Å². The number of hydrogen-bond donors (Lipinski definition) is 2. The summed E-state index contributed by atoms with van der Waals surface area (Å²) in [5, 5.41) is 0. The number of rotatable bonds is 6. The first-order chi connectivity index (χ1) is 12.1. The minimum atomic E-state index is 0.323. The van der Waals surface area contributed by atoms with E-state index in [4.69, 9.17) is 11.5 Å². The third kappa shape index (κ3) is 4.51. The molecule has 2 heteroatoms. The number of benzene rings is 1. The number of nitrogen functional groups attached to an aromatic ring is 2. The van der Waals surface area contributed by atoms with Crippen LogP contribution in [0.3, 0.4) is 0 Å². The molecule has 0 radical (unpaired) electrons.